The normalized spacial score (nSPS) is 15.3. The molecule has 3 aromatic rings. The van der Waals surface area contributed by atoms with Gasteiger partial charge in [0.05, 0.1) is 12.2 Å². The van der Waals surface area contributed by atoms with Crippen LogP contribution in [-0.4, -0.2) is 64.4 Å². The van der Waals surface area contributed by atoms with Crippen LogP contribution < -0.4 is 10.9 Å². The SMILES string of the molecule is O=C(CN1CCN(Cc2cc(=O)n3ccccc3n2)CC1)NCCc1ccc(F)cc1. The summed E-state index contributed by atoms with van der Waals surface area (Å²) in [6.07, 6.45) is 2.40. The molecule has 0 aliphatic carbocycles. The van der Waals surface area contributed by atoms with E-state index >= 15 is 0 Å². The summed E-state index contributed by atoms with van der Waals surface area (Å²) in [5.74, 6) is -0.254. The number of rotatable bonds is 7. The van der Waals surface area contributed by atoms with E-state index in [1.807, 2.05) is 18.2 Å². The van der Waals surface area contributed by atoms with Crippen LogP contribution in [0.2, 0.25) is 0 Å². The van der Waals surface area contributed by atoms with Gasteiger partial charge in [0.1, 0.15) is 11.5 Å². The van der Waals surface area contributed by atoms with Crippen molar-refractivity contribution < 1.29 is 9.18 Å². The van der Waals surface area contributed by atoms with Crippen molar-refractivity contribution in [3.8, 4) is 0 Å². The van der Waals surface area contributed by atoms with Crippen molar-refractivity contribution in [2.45, 2.75) is 13.0 Å². The monoisotopic (exact) mass is 423 g/mol. The molecule has 0 spiro atoms. The number of carbonyl (C=O) groups is 1. The van der Waals surface area contributed by atoms with E-state index < -0.39 is 0 Å². The molecule has 4 rings (SSSR count). The predicted molar refractivity (Wildman–Crippen MR) is 116 cm³/mol. The van der Waals surface area contributed by atoms with Crippen molar-refractivity contribution in [1.29, 1.82) is 0 Å². The summed E-state index contributed by atoms with van der Waals surface area (Å²) in [4.78, 5) is 33.4. The largest absolute Gasteiger partial charge is 0.355 e. The first-order valence-corrected chi connectivity index (χ1v) is 10.5. The Kier molecular flexibility index (Phi) is 6.69. The molecule has 0 atom stereocenters. The fraction of sp³-hybridized carbons (Fsp3) is 0.348. The Labute approximate surface area is 180 Å². The third-order valence-corrected chi connectivity index (χ3v) is 5.49. The molecule has 1 N–H and O–H groups in total. The molecule has 8 heteroatoms. The van der Waals surface area contributed by atoms with E-state index in [0.717, 1.165) is 37.4 Å². The minimum absolute atomic E-state index is 0.000205. The van der Waals surface area contributed by atoms with Crippen molar-refractivity contribution in [2.24, 2.45) is 0 Å². The van der Waals surface area contributed by atoms with Crippen LogP contribution in [0.1, 0.15) is 11.3 Å². The number of aromatic nitrogens is 2. The zero-order chi connectivity index (χ0) is 21.6. The maximum absolute atomic E-state index is 12.9. The quantitative estimate of drug-likeness (QED) is 0.621. The highest BCUT2D eigenvalue weighted by molar-refractivity contribution is 5.78. The second-order valence-corrected chi connectivity index (χ2v) is 7.79. The topological polar surface area (TPSA) is 70.0 Å². The van der Waals surface area contributed by atoms with Crippen LogP contribution in [-0.2, 0) is 17.8 Å². The second-order valence-electron chi connectivity index (χ2n) is 7.79. The van der Waals surface area contributed by atoms with Crippen LogP contribution in [0, 0.1) is 5.82 Å². The molecule has 0 unspecified atom stereocenters. The van der Waals surface area contributed by atoms with E-state index in [1.54, 1.807) is 24.4 Å². The van der Waals surface area contributed by atoms with Crippen LogP contribution in [0.15, 0.2) is 59.5 Å². The summed E-state index contributed by atoms with van der Waals surface area (Å²) in [6, 6.07) is 13.4. The van der Waals surface area contributed by atoms with E-state index in [9.17, 15) is 14.0 Å². The Bertz CT molecular complexity index is 1090. The Morgan fingerprint density at radius 1 is 1.03 bits per heavy atom. The van der Waals surface area contributed by atoms with Crippen LogP contribution >= 0.6 is 0 Å². The first-order chi connectivity index (χ1) is 15.1. The van der Waals surface area contributed by atoms with Gasteiger partial charge in [-0.2, -0.15) is 0 Å². The minimum Gasteiger partial charge on any atom is -0.355 e. The molecular formula is C23H26FN5O2. The number of pyridine rings is 1. The van der Waals surface area contributed by atoms with Crippen LogP contribution in [0.5, 0.6) is 0 Å². The first kappa shape index (κ1) is 21.1. The zero-order valence-electron chi connectivity index (χ0n) is 17.3. The van der Waals surface area contributed by atoms with Crippen LogP contribution in [0.3, 0.4) is 0 Å². The van der Waals surface area contributed by atoms with Gasteiger partial charge in [-0.25, -0.2) is 9.37 Å². The molecule has 0 bridgehead atoms. The Morgan fingerprint density at radius 3 is 2.55 bits per heavy atom. The number of nitrogens with one attached hydrogen (secondary N) is 1. The molecule has 0 radical (unpaired) electrons. The van der Waals surface area contributed by atoms with Gasteiger partial charge in [-0.3, -0.25) is 23.8 Å². The summed E-state index contributed by atoms with van der Waals surface area (Å²) < 4.78 is 14.5. The molecule has 2 aromatic heterocycles. The number of halogens is 1. The van der Waals surface area contributed by atoms with E-state index in [-0.39, 0.29) is 17.3 Å². The molecule has 1 saturated heterocycles. The lowest BCUT2D eigenvalue weighted by Gasteiger charge is -2.34. The van der Waals surface area contributed by atoms with Crippen molar-refractivity contribution in [3.05, 3.63) is 82.2 Å². The molecule has 1 amide bonds. The summed E-state index contributed by atoms with van der Waals surface area (Å²) in [5.41, 5.74) is 2.35. The van der Waals surface area contributed by atoms with Gasteiger partial charge < -0.3 is 5.32 Å². The van der Waals surface area contributed by atoms with Gasteiger partial charge >= 0.3 is 0 Å². The highest BCUT2D eigenvalue weighted by Gasteiger charge is 2.19. The predicted octanol–water partition coefficient (Wildman–Crippen LogP) is 1.31. The second kappa shape index (κ2) is 9.80. The molecule has 1 fully saturated rings. The molecule has 31 heavy (non-hydrogen) atoms. The van der Waals surface area contributed by atoms with Crippen molar-refractivity contribution in [2.75, 3.05) is 39.3 Å². The summed E-state index contributed by atoms with van der Waals surface area (Å²) in [5, 5.41) is 2.93. The van der Waals surface area contributed by atoms with E-state index in [4.69, 9.17) is 0 Å². The molecule has 7 nitrogen and oxygen atoms in total. The Morgan fingerprint density at radius 2 is 1.77 bits per heavy atom. The lowest BCUT2D eigenvalue weighted by Crippen LogP contribution is -2.49. The van der Waals surface area contributed by atoms with E-state index in [0.29, 0.717) is 31.7 Å². The molecule has 1 aliphatic rings. The summed E-state index contributed by atoms with van der Waals surface area (Å²) in [7, 11) is 0. The minimum atomic E-state index is -0.254. The lowest BCUT2D eigenvalue weighted by molar-refractivity contribution is -0.122. The summed E-state index contributed by atoms with van der Waals surface area (Å²) >= 11 is 0. The average Bonchev–Trinajstić information content (AvgIpc) is 2.77. The number of carbonyl (C=O) groups excluding carboxylic acids is 1. The highest BCUT2D eigenvalue weighted by atomic mass is 19.1. The molecule has 0 saturated carbocycles. The third kappa shape index (κ3) is 5.74. The van der Waals surface area contributed by atoms with E-state index in [2.05, 4.69) is 20.1 Å². The van der Waals surface area contributed by atoms with Gasteiger partial charge in [0.15, 0.2) is 0 Å². The number of nitrogens with zero attached hydrogens (tertiary/aromatic N) is 4. The van der Waals surface area contributed by atoms with Crippen molar-refractivity contribution in [1.82, 2.24) is 24.5 Å². The van der Waals surface area contributed by atoms with Crippen molar-refractivity contribution >= 4 is 11.6 Å². The lowest BCUT2D eigenvalue weighted by atomic mass is 10.1. The Balaban J connectivity index is 1.20. The maximum atomic E-state index is 12.9. The fourth-order valence-corrected chi connectivity index (χ4v) is 3.77. The Hall–Kier alpha value is -3.10. The molecule has 1 aliphatic heterocycles. The standard InChI is InChI=1S/C23H26FN5O2/c24-19-6-4-18(5-7-19)8-9-25-22(30)17-28-13-11-27(12-14-28)16-20-15-23(31)29-10-2-1-3-21(29)26-20/h1-7,10,15H,8-9,11-14,16-17H2,(H,25,30). The molecule has 162 valence electrons. The zero-order valence-corrected chi connectivity index (χ0v) is 17.3. The van der Waals surface area contributed by atoms with Gasteiger partial charge in [-0.05, 0) is 36.2 Å². The number of benzene rings is 1. The number of fused-ring (bicyclic) bond motifs is 1. The number of amides is 1. The number of hydrogen-bond donors (Lipinski definition) is 1. The third-order valence-electron chi connectivity index (χ3n) is 5.49. The van der Waals surface area contributed by atoms with Gasteiger partial charge in [-0.1, -0.05) is 18.2 Å². The van der Waals surface area contributed by atoms with Gasteiger partial charge in [-0.15, -0.1) is 0 Å². The van der Waals surface area contributed by atoms with Gasteiger partial charge in [0, 0.05) is 51.5 Å². The average molecular weight is 423 g/mol. The molecule has 3 heterocycles. The van der Waals surface area contributed by atoms with Gasteiger partial charge in [0.25, 0.3) is 5.56 Å². The molecule has 1 aromatic carbocycles. The number of hydrogen-bond acceptors (Lipinski definition) is 5. The van der Waals surface area contributed by atoms with Crippen LogP contribution in [0.25, 0.3) is 5.65 Å². The summed E-state index contributed by atoms with van der Waals surface area (Å²) in [6.45, 7) is 4.74. The maximum Gasteiger partial charge on any atom is 0.258 e. The smallest absolute Gasteiger partial charge is 0.258 e. The molecular weight excluding hydrogens is 397 g/mol. The highest BCUT2D eigenvalue weighted by Crippen LogP contribution is 2.07. The fourth-order valence-electron chi connectivity index (χ4n) is 3.77. The van der Waals surface area contributed by atoms with Crippen LogP contribution in [0.4, 0.5) is 4.39 Å². The number of piperazine rings is 1. The first-order valence-electron chi connectivity index (χ1n) is 10.5. The van der Waals surface area contributed by atoms with Crippen molar-refractivity contribution in [3.63, 3.8) is 0 Å². The van der Waals surface area contributed by atoms with Gasteiger partial charge in [0.2, 0.25) is 5.91 Å². The van der Waals surface area contributed by atoms with E-state index in [1.165, 1.54) is 16.5 Å².